The lowest BCUT2D eigenvalue weighted by Crippen LogP contribution is -2.32. The number of hydrogen-bond donors (Lipinski definition) is 0. The third-order valence-corrected chi connectivity index (χ3v) is 3.90. The molecule has 0 radical (unpaired) electrons. The Kier molecular flexibility index (Phi) is 12.6. The highest BCUT2D eigenvalue weighted by atomic mass is 16.6. The largest absolute Gasteiger partial charge is 0.378 e. The molecule has 0 atom stereocenters. The van der Waals surface area contributed by atoms with Gasteiger partial charge in [0.1, 0.15) is 0 Å². The van der Waals surface area contributed by atoms with Gasteiger partial charge in [0, 0.05) is 18.7 Å². The molecule has 0 spiro atoms. The summed E-state index contributed by atoms with van der Waals surface area (Å²) in [6.07, 6.45) is 0. The van der Waals surface area contributed by atoms with Crippen LogP contribution in [-0.2, 0) is 23.7 Å². The first kappa shape index (κ1) is 21.8. The van der Waals surface area contributed by atoms with Crippen molar-refractivity contribution in [3.63, 3.8) is 0 Å². The fourth-order valence-electron chi connectivity index (χ4n) is 2.41. The van der Waals surface area contributed by atoms with Crippen LogP contribution in [0.2, 0.25) is 0 Å². The second-order valence-corrected chi connectivity index (χ2v) is 6.01. The van der Waals surface area contributed by atoms with E-state index in [4.69, 9.17) is 23.7 Å². The molecule has 1 aliphatic heterocycles. The third-order valence-electron chi connectivity index (χ3n) is 3.90. The molecule has 1 heterocycles. The molecule has 1 fully saturated rings. The van der Waals surface area contributed by atoms with Gasteiger partial charge in [0.15, 0.2) is 0 Å². The average molecular weight is 377 g/mol. The highest BCUT2D eigenvalue weighted by Crippen LogP contribution is 1.96. The van der Waals surface area contributed by atoms with Gasteiger partial charge in [-0.05, 0) is 12.1 Å². The van der Waals surface area contributed by atoms with Crippen molar-refractivity contribution in [2.45, 2.75) is 0 Å². The minimum atomic E-state index is 0.577. The van der Waals surface area contributed by atoms with Crippen LogP contribution in [0.5, 0.6) is 0 Å². The van der Waals surface area contributed by atoms with Gasteiger partial charge in [-0.15, -0.1) is 0 Å². The monoisotopic (exact) mass is 377 g/mol. The van der Waals surface area contributed by atoms with E-state index in [1.165, 1.54) is 0 Å². The smallest absolute Gasteiger partial charge is 0.0701 e. The molecule has 6 nitrogen and oxygen atoms in total. The van der Waals surface area contributed by atoms with Crippen molar-refractivity contribution < 1.29 is 23.7 Å². The Morgan fingerprint density at radius 2 is 1.07 bits per heavy atom. The van der Waals surface area contributed by atoms with Gasteiger partial charge in [-0.1, -0.05) is 30.0 Å². The Labute approximate surface area is 162 Å². The quantitative estimate of drug-likeness (QED) is 0.691. The van der Waals surface area contributed by atoms with Gasteiger partial charge in [0.05, 0.1) is 72.6 Å². The molecule has 0 unspecified atom stereocenters. The van der Waals surface area contributed by atoms with Crippen LogP contribution in [0.3, 0.4) is 0 Å². The molecule has 6 heteroatoms. The Morgan fingerprint density at radius 3 is 1.56 bits per heavy atom. The molecule has 0 aliphatic carbocycles. The molecule has 1 aromatic carbocycles. The zero-order chi connectivity index (χ0) is 18.8. The summed E-state index contributed by atoms with van der Waals surface area (Å²) in [6, 6.07) is 10.0. The summed E-state index contributed by atoms with van der Waals surface area (Å²) in [5.74, 6) is 6.44. The third kappa shape index (κ3) is 11.8. The predicted molar refractivity (Wildman–Crippen MR) is 104 cm³/mol. The molecule has 0 bridgehead atoms. The van der Waals surface area contributed by atoms with Gasteiger partial charge in [-0.2, -0.15) is 0 Å². The zero-order valence-corrected chi connectivity index (χ0v) is 16.1. The van der Waals surface area contributed by atoms with Gasteiger partial charge in [0.25, 0.3) is 0 Å². The summed E-state index contributed by atoms with van der Waals surface area (Å²) in [4.78, 5) is 2.24. The lowest BCUT2D eigenvalue weighted by molar-refractivity contribution is -0.0178. The van der Waals surface area contributed by atoms with E-state index in [2.05, 4.69) is 16.7 Å². The fraction of sp³-hybridized carbons (Fsp3) is 0.619. The molecular weight excluding hydrogens is 346 g/mol. The first-order valence-electron chi connectivity index (χ1n) is 9.60. The Bertz CT molecular complexity index is 510. The van der Waals surface area contributed by atoms with Crippen LogP contribution in [0.4, 0.5) is 0 Å². The summed E-state index contributed by atoms with van der Waals surface area (Å²) in [6.45, 7) is 8.25. The molecule has 27 heavy (non-hydrogen) atoms. The lowest BCUT2D eigenvalue weighted by Gasteiger charge is -2.20. The number of hydrogen-bond acceptors (Lipinski definition) is 6. The van der Waals surface area contributed by atoms with Crippen LogP contribution in [0.25, 0.3) is 0 Å². The SMILES string of the molecule is C(#Cc1ccccc1)CN1CCOCCOCCOCCOCCOCC1. The minimum absolute atomic E-state index is 0.577. The van der Waals surface area contributed by atoms with E-state index in [-0.39, 0.29) is 0 Å². The normalized spacial score (nSPS) is 20.0. The van der Waals surface area contributed by atoms with E-state index in [0.29, 0.717) is 72.6 Å². The highest BCUT2D eigenvalue weighted by molar-refractivity contribution is 5.33. The standard InChI is InChI=1S/C21H31NO5/c1-2-5-21(6-3-1)7-4-8-22-9-11-23-13-15-25-17-19-27-20-18-26-16-14-24-12-10-22/h1-3,5-6H,8-20H2. The van der Waals surface area contributed by atoms with Crippen LogP contribution in [0.1, 0.15) is 5.56 Å². The summed E-state index contributed by atoms with van der Waals surface area (Å²) >= 11 is 0. The van der Waals surface area contributed by atoms with Crippen LogP contribution in [-0.4, -0.2) is 90.6 Å². The van der Waals surface area contributed by atoms with Crippen molar-refractivity contribution in [2.75, 3.05) is 85.7 Å². The molecule has 150 valence electrons. The summed E-state index contributed by atoms with van der Waals surface area (Å²) < 4.78 is 27.7. The van der Waals surface area contributed by atoms with Crippen molar-refractivity contribution in [3.05, 3.63) is 35.9 Å². The molecule has 0 N–H and O–H groups in total. The molecule has 0 saturated carbocycles. The molecular formula is C21H31NO5. The predicted octanol–water partition coefficient (Wildman–Crippen LogP) is 1.44. The molecule has 2 rings (SSSR count). The average Bonchev–Trinajstić information content (AvgIpc) is 2.70. The van der Waals surface area contributed by atoms with Gasteiger partial charge in [0.2, 0.25) is 0 Å². The molecule has 1 saturated heterocycles. The van der Waals surface area contributed by atoms with Crippen molar-refractivity contribution >= 4 is 0 Å². The summed E-state index contributed by atoms with van der Waals surface area (Å²) in [7, 11) is 0. The maximum Gasteiger partial charge on any atom is 0.0701 e. The number of rotatable bonds is 1. The van der Waals surface area contributed by atoms with E-state index in [1.807, 2.05) is 30.3 Å². The van der Waals surface area contributed by atoms with Gasteiger partial charge >= 0.3 is 0 Å². The maximum absolute atomic E-state index is 5.66. The minimum Gasteiger partial charge on any atom is -0.378 e. The summed E-state index contributed by atoms with van der Waals surface area (Å²) in [5, 5.41) is 0. The highest BCUT2D eigenvalue weighted by Gasteiger charge is 2.04. The van der Waals surface area contributed by atoms with E-state index in [1.54, 1.807) is 0 Å². The topological polar surface area (TPSA) is 49.4 Å². The summed E-state index contributed by atoms with van der Waals surface area (Å²) in [5.41, 5.74) is 1.03. The second kappa shape index (κ2) is 15.6. The van der Waals surface area contributed by atoms with Gasteiger partial charge in [-0.3, -0.25) is 4.90 Å². The Balaban J connectivity index is 1.74. The van der Waals surface area contributed by atoms with E-state index in [9.17, 15) is 0 Å². The lowest BCUT2D eigenvalue weighted by atomic mass is 10.2. The van der Waals surface area contributed by atoms with E-state index < -0.39 is 0 Å². The van der Waals surface area contributed by atoms with Gasteiger partial charge < -0.3 is 23.7 Å². The molecule has 0 amide bonds. The van der Waals surface area contributed by atoms with Crippen molar-refractivity contribution in [1.29, 1.82) is 0 Å². The second-order valence-electron chi connectivity index (χ2n) is 6.01. The van der Waals surface area contributed by atoms with Crippen LogP contribution >= 0.6 is 0 Å². The first-order chi connectivity index (χ1) is 13.4. The number of benzene rings is 1. The zero-order valence-electron chi connectivity index (χ0n) is 16.1. The van der Waals surface area contributed by atoms with E-state index >= 15 is 0 Å². The van der Waals surface area contributed by atoms with E-state index in [0.717, 1.165) is 18.7 Å². The van der Waals surface area contributed by atoms with Gasteiger partial charge in [-0.25, -0.2) is 0 Å². The fourth-order valence-corrected chi connectivity index (χ4v) is 2.41. The maximum atomic E-state index is 5.66. The molecule has 1 aromatic rings. The number of nitrogens with zero attached hydrogens (tertiary/aromatic N) is 1. The number of ether oxygens (including phenoxy) is 5. The van der Waals surface area contributed by atoms with Crippen molar-refractivity contribution in [1.82, 2.24) is 4.90 Å². The van der Waals surface area contributed by atoms with Crippen molar-refractivity contribution in [2.24, 2.45) is 0 Å². The van der Waals surface area contributed by atoms with Crippen LogP contribution < -0.4 is 0 Å². The Hall–Kier alpha value is -1.46. The Morgan fingerprint density at radius 1 is 0.630 bits per heavy atom. The molecule has 0 aromatic heterocycles. The molecule has 1 aliphatic rings. The first-order valence-corrected chi connectivity index (χ1v) is 9.60. The van der Waals surface area contributed by atoms with Crippen LogP contribution in [0, 0.1) is 11.8 Å². The van der Waals surface area contributed by atoms with Crippen molar-refractivity contribution in [3.8, 4) is 11.8 Å². The van der Waals surface area contributed by atoms with Crippen LogP contribution in [0.15, 0.2) is 30.3 Å².